The minimum Gasteiger partial charge on any atom is -0.378 e. The number of carbonyl (C=O) groups is 1. The zero-order valence-corrected chi connectivity index (χ0v) is 13.4. The van der Waals surface area contributed by atoms with E-state index in [1.165, 1.54) is 6.20 Å². The molecule has 2 atom stereocenters. The lowest BCUT2D eigenvalue weighted by Crippen LogP contribution is -2.30. The highest BCUT2D eigenvalue weighted by atomic mass is 79.9. The van der Waals surface area contributed by atoms with Gasteiger partial charge in [0.15, 0.2) is 0 Å². The number of fused-ring (bicyclic) bond motifs is 1. The van der Waals surface area contributed by atoms with Crippen LogP contribution in [0.4, 0.5) is 5.69 Å². The number of nitrogens with two attached hydrogens (primary N) is 1. The first-order chi connectivity index (χ1) is 10.1. The maximum absolute atomic E-state index is 11.7. The van der Waals surface area contributed by atoms with E-state index in [-0.39, 0.29) is 6.04 Å². The van der Waals surface area contributed by atoms with Gasteiger partial charge in [-0.3, -0.25) is 4.79 Å². The lowest BCUT2D eigenvalue weighted by atomic mass is 10.00. The Balaban J connectivity index is 2.05. The fourth-order valence-electron chi connectivity index (χ4n) is 2.88. The molecule has 2 aromatic heterocycles. The van der Waals surface area contributed by atoms with Crippen molar-refractivity contribution in [2.24, 2.45) is 11.7 Å². The molecule has 0 saturated carbocycles. The molecule has 1 aliphatic rings. The number of halogens is 1. The molecular weight excluding hydrogens is 334 g/mol. The molecule has 2 aromatic rings. The monoisotopic (exact) mass is 351 g/mol. The van der Waals surface area contributed by atoms with Gasteiger partial charge < -0.3 is 16.4 Å². The maximum Gasteiger partial charge on any atom is 0.252 e. The average molecular weight is 352 g/mol. The molecule has 0 aliphatic carbocycles. The molecule has 21 heavy (non-hydrogen) atoms. The number of nitrogens with zero attached hydrogens (tertiary/aromatic N) is 2. The molecule has 1 saturated heterocycles. The zero-order chi connectivity index (χ0) is 15.0. The standard InChI is InChI=1S/C14H18BrN5O/c1-2-8-4-17-6-11(8)19-13-10(14(16)21)5-18-20-7-9(15)3-12(13)20/h3,5,7-8,11,17,19H,2,4,6H2,1H3,(H2,16,21)/t8-,11+/m0/s1. The van der Waals surface area contributed by atoms with Crippen molar-refractivity contribution < 1.29 is 4.79 Å². The summed E-state index contributed by atoms with van der Waals surface area (Å²) in [6.45, 7) is 4.05. The summed E-state index contributed by atoms with van der Waals surface area (Å²) in [5, 5.41) is 11.1. The predicted molar refractivity (Wildman–Crippen MR) is 85.5 cm³/mol. The van der Waals surface area contributed by atoms with Crippen LogP contribution in [0.3, 0.4) is 0 Å². The van der Waals surface area contributed by atoms with Crippen molar-refractivity contribution >= 4 is 33.0 Å². The molecule has 3 rings (SSSR count). The second kappa shape index (κ2) is 5.65. The number of nitrogens with one attached hydrogen (secondary N) is 2. The van der Waals surface area contributed by atoms with Gasteiger partial charge in [-0.25, -0.2) is 4.52 Å². The first-order valence-corrected chi connectivity index (χ1v) is 7.83. The highest BCUT2D eigenvalue weighted by Gasteiger charge is 2.27. The van der Waals surface area contributed by atoms with Crippen LogP contribution in [0.2, 0.25) is 0 Å². The first kappa shape index (κ1) is 14.3. The van der Waals surface area contributed by atoms with E-state index >= 15 is 0 Å². The Hall–Kier alpha value is -1.60. The Morgan fingerprint density at radius 2 is 2.43 bits per heavy atom. The number of anilines is 1. The van der Waals surface area contributed by atoms with Gasteiger partial charge in [-0.1, -0.05) is 13.3 Å². The zero-order valence-electron chi connectivity index (χ0n) is 11.8. The van der Waals surface area contributed by atoms with Crippen LogP contribution in [0.25, 0.3) is 5.52 Å². The summed E-state index contributed by atoms with van der Waals surface area (Å²) < 4.78 is 2.65. The molecule has 6 nitrogen and oxygen atoms in total. The molecule has 0 unspecified atom stereocenters. The number of aromatic nitrogens is 2. The summed E-state index contributed by atoms with van der Waals surface area (Å²) in [6.07, 6.45) is 4.46. The van der Waals surface area contributed by atoms with E-state index in [1.54, 1.807) is 4.52 Å². The Morgan fingerprint density at radius 3 is 3.14 bits per heavy atom. The van der Waals surface area contributed by atoms with Crippen LogP contribution in [-0.4, -0.2) is 34.7 Å². The van der Waals surface area contributed by atoms with Crippen LogP contribution in [-0.2, 0) is 0 Å². The third-order valence-corrected chi connectivity index (χ3v) is 4.50. The average Bonchev–Trinajstić information content (AvgIpc) is 3.03. The summed E-state index contributed by atoms with van der Waals surface area (Å²) in [5.41, 5.74) is 7.53. The molecule has 0 spiro atoms. The van der Waals surface area contributed by atoms with Gasteiger partial charge in [0.2, 0.25) is 0 Å². The molecule has 7 heteroatoms. The molecule has 0 radical (unpaired) electrons. The van der Waals surface area contributed by atoms with E-state index < -0.39 is 5.91 Å². The number of hydrogen-bond donors (Lipinski definition) is 3. The van der Waals surface area contributed by atoms with Crippen molar-refractivity contribution in [1.29, 1.82) is 0 Å². The number of amides is 1. The quantitative estimate of drug-likeness (QED) is 0.781. The van der Waals surface area contributed by atoms with Gasteiger partial charge in [-0.15, -0.1) is 0 Å². The normalized spacial score (nSPS) is 21.8. The SMILES string of the molecule is CC[C@H]1CNC[C@H]1Nc1c(C(N)=O)cnn2cc(Br)cc12. The minimum atomic E-state index is -0.469. The van der Waals surface area contributed by atoms with Crippen molar-refractivity contribution in [3.05, 3.63) is 28.5 Å². The van der Waals surface area contributed by atoms with Gasteiger partial charge in [0.05, 0.1) is 23.0 Å². The smallest absolute Gasteiger partial charge is 0.252 e. The molecule has 4 N–H and O–H groups in total. The highest BCUT2D eigenvalue weighted by Crippen LogP contribution is 2.28. The molecule has 112 valence electrons. The number of rotatable bonds is 4. The lowest BCUT2D eigenvalue weighted by Gasteiger charge is -2.21. The van der Waals surface area contributed by atoms with Crippen molar-refractivity contribution in [2.75, 3.05) is 18.4 Å². The first-order valence-electron chi connectivity index (χ1n) is 7.04. The molecule has 0 aromatic carbocycles. The van der Waals surface area contributed by atoms with Crippen molar-refractivity contribution in [3.8, 4) is 0 Å². The predicted octanol–water partition coefficient (Wildman–Crippen LogP) is 1.61. The summed E-state index contributed by atoms with van der Waals surface area (Å²) >= 11 is 3.44. The maximum atomic E-state index is 11.7. The van der Waals surface area contributed by atoms with E-state index in [1.807, 2.05) is 12.3 Å². The summed E-state index contributed by atoms with van der Waals surface area (Å²) in [7, 11) is 0. The molecular formula is C14H18BrN5O. The van der Waals surface area contributed by atoms with Gasteiger partial charge in [0.1, 0.15) is 0 Å². The van der Waals surface area contributed by atoms with Gasteiger partial charge in [0.25, 0.3) is 5.91 Å². The molecule has 1 amide bonds. The van der Waals surface area contributed by atoms with Crippen LogP contribution >= 0.6 is 15.9 Å². The van der Waals surface area contributed by atoms with Crippen LogP contribution in [0, 0.1) is 5.92 Å². The largest absolute Gasteiger partial charge is 0.378 e. The van der Waals surface area contributed by atoms with Gasteiger partial charge >= 0.3 is 0 Å². The van der Waals surface area contributed by atoms with E-state index in [4.69, 9.17) is 5.73 Å². The van der Waals surface area contributed by atoms with Gasteiger partial charge in [-0.2, -0.15) is 5.10 Å². The third kappa shape index (κ3) is 2.63. The number of hydrogen-bond acceptors (Lipinski definition) is 4. The van der Waals surface area contributed by atoms with Crippen molar-refractivity contribution in [1.82, 2.24) is 14.9 Å². The van der Waals surface area contributed by atoms with E-state index in [9.17, 15) is 4.79 Å². The third-order valence-electron chi connectivity index (χ3n) is 4.06. The van der Waals surface area contributed by atoms with E-state index in [2.05, 4.69) is 38.6 Å². The van der Waals surface area contributed by atoms with Crippen LogP contribution in [0.5, 0.6) is 0 Å². The second-order valence-electron chi connectivity index (χ2n) is 5.36. The van der Waals surface area contributed by atoms with Crippen LogP contribution in [0.1, 0.15) is 23.7 Å². The minimum absolute atomic E-state index is 0.285. The fourth-order valence-corrected chi connectivity index (χ4v) is 3.29. The molecule has 1 fully saturated rings. The molecule has 3 heterocycles. The van der Waals surface area contributed by atoms with Gasteiger partial charge in [0, 0.05) is 29.8 Å². The number of primary amides is 1. The van der Waals surface area contributed by atoms with Crippen molar-refractivity contribution in [3.63, 3.8) is 0 Å². The Bertz CT molecular complexity index is 683. The van der Waals surface area contributed by atoms with Crippen molar-refractivity contribution in [2.45, 2.75) is 19.4 Å². The Labute approximate surface area is 131 Å². The summed E-state index contributed by atoms with van der Waals surface area (Å²) in [4.78, 5) is 11.7. The topological polar surface area (TPSA) is 84.5 Å². The number of carbonyl (C=O) groups excluding carboxylic acids is 1. The fraction of sp³-hybridized carbons (Fsp3) is 0.429. The molecule has 0 bridgehead atoms. The van der Waals surface area contributed by atoms with E-state index in [0.29, 0.717) is 11.5 Å². The van der Waals surface area contributed by atoms with E-state index in [0.717, 1.165) is 35.2 Å². The lowest BCUT2D eigenvalue weighted by molar-refractivity contribution is 0.100. The second-order valence-corrected chi connectivity index (χ2v) is 6.28. The Kier molecular flexibility index (Phi) is 3.86. The summed E-state index contributed by atoms with van der Waals surface area (Å²) in [6, 6.07) is 2.22. The Morgan fingerprint density at radius 1 is 1.62 bits per heavy atom. The molecule has 1 aliphatic heterocycles. The highest BCUT2D eigenvalue weighted by molar-refractivity contribution is 9.10. The summed E-state index contributed by atoms with van der Waals surface area (Å²) in [5.74, 6) is 0.0705. The van der Waals surface area contributed by atoms with Crippen LogP contribution < -0.4 is 16.4 Å². The van der Waals surface area contributed by atoms with Crippen LogP contribution in [0.15, 0.2) is 22.9 Å². The van der Waals surface area contributed by atoms with Gasteiger partial charge in [-0.05, 0) is 27.9 Å².